The van der Waals surface area contributed by atoms with Crippen LogP contribution in [0, 0.1) is 0 Å². The van der Waals surface area contributed by atoms with Gasteiger partial charge in [-0.3, -0.25) is 9.69 Å². The maximum Gasteiger partial charge on any atom is 0.317 e. The summed E-state index contributed by atoms with van der Waals surface area (Å²) in [6.07, 6.45) is 1.87. The molecule has 0 aromatic heterocycles. The number of nitrogens with one attached hydrogen (secondary N) is 2. The number of amides is 3. The van der Waals surface area contributed by atoms with Gasteiger partial charge in [0.25, 0.3) is 0 Å². The van der Waals surface area contributed by atoms with Gasteiger partial charge in [-0.1, -0.05) is 60.7 Å². The van der Waals surface area contributed by atoms with Crippen LogP contribution in [-0.2, 0) is 17.8 Å². The molecule has 2 N–H and O–H groups in total. The van der Waals surface area contributed by atoms with E-state index in [0.29, 0.717) is 39.3 Å². The summed E-state index contributed by atoms with van der Waals surface area (Å²) in [5.41, 5.74) is 2.38. The van der Waals surface area contributed by atoms with Crippen LogP contribution in [0.4, 0.5) is 4.79 Å². The first kappa shape index (κ1) is 21.8. The second kappa shape index (κ2) is 11.4. The summed E-state index contributed by atoms with van der Waals surface area (Å²) in [4.78, 5) is 28.7. The van der Waals surface area contributed by atoms with Gasteiger partial charge in [-0.15, -0.1) is 0 Å². The third-order valence-electron chi connectivity index (χ3n) is 5.44. The van der Waals surface area contributed by atoms with Crippen molar-refractivity contribution in [2.45, 2.75) is 32.4 Å². The average Bonchev–Trinajstić information content (AvgIpc) is 2.78. The van der Waals surface area contributed by atoms with E-state index in [-0.39, 0.29) is 18.0 Å². The molecule has 2 aromatic rings. The van der Waals surface area contributed by atoms with Gasteiger partial charge in [0.2, 0.25) is 5.91 Å². The molecule has 0 saturated carbocycles. The lowest BCUT2D eigenvalue weighted by Crippen LogP contribution is -2.54. The van der Waals surface area contributed by atoms with Gasteiger partial charge in [-0.25, -0.2) is 4.79 Å². The number of benzene rings is 2. The molecule has 0 aliphatic carbocycles. The van der Waals surface area contributed by atoms with E-state index in [2.05, 4.69) is 27.7 Å². The number of nitrogens with zero attached hydrogens (tertiary/aromatic N) is 2. The first-order valence-electron chi connectivity index (χ1n) is 10.7. The molecule has 0 spiro atoms. The van der Waals surface area contributed by atoms with Crippen LogP contribution in [0.3, 0.4) is 0 Å². The molecule has 160 valence electrons. The van der Waals surface area contributed by atoms with Gasteiger partial charge in [0, 0.05) is 38.8 Å². The molecule has 1 aliphatic rings. The summed E-state index contributed by atoms with van der Waals surface area (Å²) < 4.78 is 0. The molecular weight excluding hydrogens is 376 g/mol. The second-order valence-corrected chi connectivity index (χ2v) is 7.90. The standard InChI is InChI=1S/C24H32N4O2/c1-20(12-13-21-8-4-2-5-9-21)26-24(30)28-16-14-27(15-17-28)19-23(29)25-18-22-10-6-3-7-11-22/h2-11,20H,12-19H2,1H3,(H,25,29)(H,26,30). The van der Waals surface area contributed by atoms with Crippen molar-refractivity contribution in [1.29, 1.82) is 0 Å². The van der Waals surface area contributed by atoms with E-state index < -0.39 is 0 Å². The van der Waals surface area contributed by atoms with Crippen molar-refractivity contribution in [1.82, 2.24) is 20.4 Å². The highest BCUT2D eigenvalue weighted by molar-refractivity contribution is 5.78. The molecule has 0 bridgehead atoms. The third-order valence-corrected chi connectivity index (χ3v) is 5.44. The zero-order valence-electron chi connectivity index (χ0n) is 17.7. The third kappa shape index (κ3) is 7.19. The fourth-order valence-corrected chi connectivity index (χ4v) is 3.57. The summed E-state index contributed by atoms with van der Waals surface area (Å²) in [5, 5.41) is 6.06. The van der Waals surface area contributed by atoms with Gasteiger partial charge >= 0.3 is 6.03 Å². The summed E-state index contributed by atoms with van der Waals surface area (Å²) >= 11 is 0. The summed E-state index contributed by atoms with van der Waals surface area (Å²) in [7, 11) is 0. The first-order valence-corrected chi connectivity index (χ1v) is 10.7. The Hall–Kier alpha value is -2.86. The van der Waals surface area contributed by atoms with Crippen LogP contribution in [0.15, 0.2) is 60.7 Å². The summed E-state index contributed by atoms with van der Waals surface area (Å²) in [5.74, 6) is 0.0197. The van der Waals surface area contributed by atoms with Crippen molar-refractivity contribution in [2.24, 2.45) is 0 Å². The SMILES string of the molecule is CC(CCc1ccccc1)NC(=O)N1CCN(CC(=O)NCc2ccccc2)CC1. The molecule has 1 saturated heterocycles. The van der Waals surface area contributed by atoms with Gasteiger partial charge < -0.3 is 15.5 Å². The highest BCUT2D eigenvalue weighted by Crippen LogP contribution is 2.07. The van der Waals surface area contributed by atoms with Crippen molar-refractivity contribution in [3.05, 3.63) is 71.8 Å². The Morgan fingerprint density at radius 2 is 1.50 bits per heavy atom. The number of urea groups is 1. The van der Waals surface area contributed by atoms with Gasteiger partial charge in [0.05, 0.1) is 6.54 Å². The highest BCUT2D eigenvalue weighted by Gasteiger charge is 2.23. The average molecular weight is 409 g/mol. The monoisotopic (exact) mass is 408 g/mol. The van der Waals surface area contributed by atoms with Crippen LogP contribution in [0.1, 0.15) is 24.5 Å². The quantitative estimate of drug-likeness (QED) is 0.706. The number of carbonyl (C=O) groups excluding carboxylic acids is 2. The Morgan fingerprint density at radius 1 is 0.900 bits per heavy atom. The zero-order chi connectivity index (χ0) is 21.2. The second-order valence-electron chi connectivity index (χ2n) is 7.90. The van der Waals surface area contributed by atoms with Crippen LogP contribution in [0.2, 0.25) is 0 Å². The fourth-order valence-electron chi connectivity index (χ4n) is 3.57. The molecule has 1 fully saturated rings. The number of rotatable bonds is 8. The van der Waals surface area contributed by atoms with Crippen molar-refractivity contribution in [3.63, 3.8) is 0 Å². The van der Waals surface area contributed by atoms with E-state index in [1.54, 1.807) is 0 Å². The minimum Gasteiger partial charge on any atom is -0.351 e. The van der Waals surface area contributed by atoms with Crippen LogP contribution >= 0.6 is 0 Å². The molecule has 6 nitrogen and oxygen atoms in total. The number of piperazine rings is 1. The van der Waals surface area contributed by atoms with E-state index in [9.17, 15) is 9.59 Å². The molecule has 2 aromatic carbocycles. The molecule has 1 heterocycles. The maximum absolute atomic E-state index is 12.5. The smallest absolute Gasteiger partial charge is 0.317 e. The van der Waals surface area contributed by atoms with E-state index in [0.717, 1.165) is 18.4 Å². The summed E-state index contributed by atoms with van der Waals surface area (Å²) in [6, 6.07) is 20.3. The molecule has 3 rings (SSSR count). The number of carbonyl (C=O) groups is 2. The molecule has 6 heteroatoms. The minimum absolute atomic E-state index is 0.0104. The Balaban J connectivity index is 1.32. The largest absolute Gasteiger partial charge is 0.351 e. The van der Waals surface area contributed by atoms with Crippen molar-refractivity contribution >= 4 is 11.9 Å². The molecule has 1 unspecified atom stereocenters. The Labute approximate surface area is 179 Å². The summed E-state index contributed by atoms with van der Waals surface area (Å²) in [6.45, 7) is 5.68. The van der Waals surface area contributed by atoms with E-state index >= 15 is 0 Å². The topological polar surface area (TPSA) is 64.7 Å². The first-order chi connectivity index (χ1) is 14.6. The Kier molecular flexibility index (Phi) is 8.27. The minimum atomic E-state index is -0.0104. The van der Waals surface area contributed by atoms with Gasteiger partial charge in [-0.05, 0) is 30.9 Å². The van der Waals surface area contributed by atoms with Gasteiger partial charge in [-0.2, -0.15) is 0 Å². The normalized spacial score (nSPS) is 15.4. The fraction of sp³-hybridized carbons (Fsp3) is 0.417. The Morgan fingerprint density at radius 3 is 2.13 bits per heavy atom. The lowest BCUT2D eigenvalue weighted by molar-refractivity contribution is -0.122. The Bertz CT molecular complexity index is 789. The predicted molar refractivity (Wildman–Crippen MR) is 119 cm³/mol. The van der Waals surface area contributed by atoms with Gasteiger partial charge in [0.15, 0.2) is 0 Å². The van der Waals surface area contributed by atoms with Crippen LogP contribution in [-0.4, -0.2) is 60.5 Å². The lowest BCUT2D eigenvalue weighted by Gasteiger charge is -2.35. The zero-order valence-corrected chi connectivity index (χ0v) is 17.7. The molecule has 1 aliphatic heterocycles. The molecule has 3 amide bonds. The van der Waals surface area contributed by atoms with Crippen molar-refractivity contribution < 1.29 is 9.59 Å². The highest BCUT2D eigenvalue weighted by atomic mass is 16.2. The van der Waals surface area contributed by atoms with E-state index in [1.165, 1.54) is 5.56 Å². The van der Waals surface area contributed by atoms with Crippen LogP contribution in [0.25, 0.3) is 0 Å². The van der Waals surface area contributed by atoms with Crippen LogP contribution in [0.5, 0.6) is 0 Å². The van der Waals surface area contributed by atoms with E-state index in [1.807, 2.05) is 60.4 Å². The van der Waals surface area contributed by atoms with Crippen LogP contribution < -0.4 is 10.6 Å². The number of aryl methyl sites for hydroxylation is 1. The molecule has 1 atom stereocenters. The number of hydrogen-bond donors (Lipinski definition) is 2. The predicted octanol–water partition coefficient (Wildman–Crippen LogP) is 2.65. The van der Waals surface area contributed by atoms with Gasteiger partial charge in [0.1, 0.15) is 0 Å². The van der Waals surface area contributed by atoms with Crippen molar-refractivity contribution in [2.75, 3.05) is 32.7 Å². The van der Waals surface area contributed by atoms with Crippen molar-refractivity contribution in [3.8, 4) is 0 Å². The maximum atomic E-state index is 12.5. The van der Waals surface area contributed by atoms with E-state index in [4.69, 9.17) is 0 Å². The molecular formula is C24H32N4O2. The molecule has 0 radical (unpaired) electrons. The lowest BCUT2D eigenvalue weighted by atomic mass is 10.1. The number of hydrogen-bond acceptors (Lipinski definition) is 3. The molecule has 30 heavy (non-hydrogen) atoms.